The van der Waals surface area contributed by atoms with Gasteiger partial charge >= 0.3 is 0 Å². The molecule has 1 aliphatic heterocycles. The highest BCUT2D eigenvalue weighted by molar-refractivity contribution is 5.21. The molecule has 6 nitrogen and oxygen atoms in total. The summed E-state index contributed by atoms with van der Waals surface area (Å²) in [6.45, 7) is 1.49. The van der Waals surface area contributed by atoms with Gasteiger partial charge in [0.15, 0.2) is 6.61 Å². The van der Waals surface area contributed by atoms with E-state index in [4.69, 9.17) is 19.7 Å². The van der Waals surface area contributed by atoms with Crippen LogP contribution in [0.4, 0.5) is 0 Å². The molecule has 106 valence electrons. The highest BCUT2D eigenvalue weighted by atomic mass is 16.5. The summed E-state index contributed by atoms with van der Waals surface area (Å²) in [6, 6.07) is 9.53. The Bertz CT molecular complexity index is 544. The summed E-state index contributed by atoms with van der Waals surface area (Å²) in [5.41, 5.74) is 6.05. The first-order valence-electron chi connectivity index (χ1n) is 6.66. The molecule has 0 bridgehead atoms. The molecule has 1 aromatic heterocycles. The summed E-state index contributed by atoms with van der Waals surface area (Å²) in [4.78, 5) is 4.34. The maximum Gasteiger partial charge on any atom is 0.233 e. The molecule has 2 N–H and O–H groups in total. The van der Waals surface area contributed by atoms with E-state index in [9.17, 15) is 0 Å². The summed E-state index contributed by atoms with van der Waals surface area (Å²) < 4.78 is 16.2. The van der Waals surface area contributed by atoms with Crippen LogP contribution in [-0.4, -0.2) is 29.4 Å². The van der Waals surface area contributed by atoms with Crippen LogP contribution in [0.3, 0.4) is 0 Å². The molecule has 2 aromatic rings. The number of nitrogens with zero attached hydrogens (tertiary/aromatic N) is 2. The molecule has 1 fully saturated rings. The molecular formula is C14H17N3O3. The Morgan fingerprint density at radius 2 is 2.15 bits per heavy atom. The standard InChI is InChI=1S/C14H17N3O3/c15-12-6-7-18-8-11(12)14-16-13(17-20-14)9-19-10-4-2-1-3-5-10/h1-5,11-12H,6-9,15H2. The molecule has 3 rings (SSSR count). The summed E-state index contributed by atoms with van der Waals surface area (Å²) in [7, 11) is 0. The van der Waals surface area contributed by atoms with Crippen LogP contribution in [0, 0.1) is 0 Å². The van der Waals surface area contributed by atoms with E-state index in [2.05, 4.69) is 10.1 Å². The average molecular weight is 275 g/mol. The average Bonchev–Trinajstić information content (AvgIpc) is 2.95. The Labute approximate surface area is 116 Å². The third-order valence-electron chi connectivity index (χ3n) is 3.32. The van der Waals surface area contributed by atoms with E-state index < -0.39 is 0 Å². The monoisotopic (exact) mass is 275 g/mol. The molecule has 1 saturated heterocycles. The lowest BCUT2D eigenvalue weighted by Gasteiger charge is -2.25. The van der Waals surface area contributed by atoms with E-state index in [0.29, 0.717) is 24.9 Å². The lowest BCUT2D eigenvalue weighted by atomic mass is 9.97. The Morgan fingerprint density at radius 1 is 1.30 bits per heavy atom. The van der Waals surface area contributed by atoms with E-state index in [1.54, 1.807) is 0 Å². The predicted octanol–water partition coefficient (Wildman–Crippen LogP) is 1.48. The second-order valence-electron chi connectivity index (χ2n) is 4.78. The Hall–Kier alpha value is -1.92. The van der Waals surface area contributed by atoms with Gasteiger partial charge in [-0.1, -0.05) is 23.4 Å². The van der Waals surface area contributed by atoms with Gasteiger partial charge in [0.25, 0.3) is 0 Å². The van der Waals surface area contributed by atoms with Crippen molar-refractivity contribution in [3.05, 3.63) is 42.0 Å². The molecule has 0 amide bonds. The molecule has 0 saturated carbocycles. The molecule has 2 heterocycles. The van der Waals surface area contributed by atoms with E-state index in [-0.39, 0.29) is 18.6 Å². The molecule has 1 aromatic carbocycles. The molecule has 0 aliphatic carbocycles. The normalized spacial score (nSPS) is 22.6. The van der Waals surface area contributed by atoms with Crippen LogP contribution in [0.15, 0.2) is 34.9 Å². The second kappa shape index (κ2) is 6.02. The minimum absolute atomic E-state index is 0.00657. The van der Waals surface area contributed by atoms with Crippen LogP contribution < -0.4 is 10.5 Å². The number of hydrogen-bond acceptors (Lipinski definition) is 6. The fourth-order valence-electron chi connectivity index (χ4n) is 2.15. The van der Waals surface area contributed by atoms with Crippen LogP contribution in [0.5, 0.6) is 5.75 Å². The number of ether oxygens (including phenoxy) is 2. The van der Waals surface area contributed by atoms with Gasteiger partial charge in [-0.3, -0.25) is 0 Å². The second-order valence-corrected chi connectivity index (χ2v) is 4.78. The Balaban J connectivity index is 1.62. The van der Waals surface area contributed by atoms with Crippen LogP contribution in [-0.2, 0) is 11.3 Å². The Kier molecular flexibility index (Phi) is 3.94. The molecule has 20 heavy (non-hydrogen) atoms. The van der Waals surface area contributed by atoms with Crippen molar-refractivity contribution in [3.8, 4) is 5.75 Å². The molecule has 2 atom stereocenters. The number of nitrogens with two attached hydrogens (primary N) is 1. The molecule has 0 radical (unpaired) electrons. The van der Waals surface area contributed by atoms with Gasteiger partial charge in [-0.25, -0.2) is 0 Å². The first kappa shape index (κ1) is 13.1. The summed E-state index contributed by atoms with van der Waals surface area (Å²) in [5, 5.41) is 3.92. The minimum atomic E-state index is -0.0262. The predicted molar refractivity (Wildman–Crippen MR) is 71.2 cm³/mol. The lowest BCUT2D eigenvalue weighted by molar-refractivity contribution is 0.0590. The van der Waals surface area contributed by atoms with Crippen molar-refractivity contribution in [3.63, 3.8) is 0 Å². The summed E-state index contributed by atoms with van der Waals surface area (Å²) in [6.07, 6.45) is 0.808. The fraction of sp³-hybridized carbons (Fsp3) is 0.429. The van der Waals surface area contributed by atoms with Crippen molar-refractivity contribution < 1.29 is 14.0 Å². The number of para-hydroxylation sites is 1. The van der Waals surface area contributed by atoms with Gasteiger partial charge in [0.2, 0.25) is 11.7 Å². The van der Waals surface area contributed by atoms with E-state index in [1.165, 1.54) is 0 Å². The van der Waals surface area contributed by atoms with E-state index >= 15 is 0 Å². The summed E-state index contributed by atoms with van der Waals surface area (Å²) >= 11 is 0. The van der Waals surface area contributed by atoms with Crippen molar-refractivity contribution in [1.29, 1.82) is 0 Å². The van der Waals surface area contributed by atoms with Gasteiger partial charge < -0.3 is 19.7 Å². The third kappa shape index (κ3) is 2.97. The zero-order valence-corrected chi connectivity index (χ0v) is 11.1. The smallest absolute Gasteiger partial charge is 0.233 e. The Morgan fingerprint density at radius 3 is 2.95 bits per heavy atom. The molecule has 0 spiro atoms. The zero-order chi connectivity index (χ0) is 13.8. The highest BCUT2D eigenvalue weighted by Gasteiger charge is 2.29. The van der Waals surface area contributed by atoms with Gasteiger partial charge in [0.1, 0.15) is 5.75 Å². The van der Waals surface area contributed by atoms with Crippen molar-refractivity contribution in [2.24, 2.45) is 5.73 Å². The molecule has 2 unspecified atom stereocenters. The van der Waals surface area contributed by atoms with Crippen molar-refractivity contribution >= 4 is 0 Å². The van der Waals surface area contributed by atoms with Crippen molar-refractivity contribution in [1.82, 2.24) is 10.1 Å². The number of aromatic nitrogens is 2. The first-order valence-corrected chi connectivity index (χ1v) is 6.66. The van der Waals surface area contributed by atoms with Gasteiger partial charge in [0, 0.05) is 12.6 Å². The van der Waals surface area contributed by atoms with E-state index in [0.717, 1.165) is 12.2 Å². The highest BCUT2D eigenvalue weighted by Crippen LogP contribution is 2.23. The SMILES string of the molecule is NC1CCOCC1c1nc(COc2ccccc2)no1. The number of rotatable bonds is 4. The van der Waals surface area contributed by atoms with Crippen molar-refractivity contribution in [2.75, 3.05) is 13.2 Å². The van der Waals surface area contributed by atoms with Crippen LogP contribution >= 0.6 is 0 Å². The van der Waals surface area contributed by atoms with Gasteiger partial charge in [-0.05, 0) is 18.6 Å². The van der Waals surface area contributed by atoms with Crippen LogP contribution in [0.1, 0.15) is 24.1 Å². The maximum atomic E-state index is 6.05. The van der Waals surface area contributed by atoms with Crippen LogP contribution in [0.25, 0.3) is 0 Å². The maximum absolute atomic E-state index is 6.05. The van der Waals surface area contributed by atoms with E-state index in [1.807, 2.05) is 30.3 Å². The van der Waals surface area contributed by atoms with Gasteiger partial charge in [-0.15, -0.1) is 0 Å². The molecule has 6 heteroatoms. The zero-order valence-electron chi connectivity index (χ0n) is 11.1. The summed E-state index contributed by atoms with van der Waals surface area (Å²) in [5.74, 6) is 1.80. The quantitative estimate of drug-likeness (QED) is 0.910. The van der Waals surface area contributed by atoms with Gasteiger partial charge in [-0.2, -0.15) is 4.98 Å². The first-order chi connectivity index (χ1) is 9.83. The minimum Gasteiger partial charge on any atom is -0.485 e. The topological polar surface area (TPSA) is 83.4 Å². The number of benzene rings is 1. The molecule has 1 aliphatic rings. The molecular weight excluding hydrogens is 258 g/mol. The van der Waals surface area contributed by atoms with Gasteiger partial charge in [0.05, 0.1) is 12.5 Å². The fourth-order valence-corrected chi connectivity index (χ4v) is 2.15. The number of hydrogen-bond donors (Lipinski definition) is 1. The van der Waals surface area contributed by atoms with Crippen molar-refractivity contribution in [2.45, 2.75) is 25.0 Å². The van der Waals surface area contributed by atoms with Crippen LogP contribution in [0.2, 0.25) is 0 Å². The lowest BCUT2D eigenvalue weighted by Crippen LogP contribution is -2.37. The third-order valence-corrected chi connectivity index (χ3v) is 3.32. The largest absolute Gasteiger partial charge is 0.485 e.